The number of carbonyl (C=O) groups excluding carboxylic acids is 1. The summed E-state index contributed by atoms with van der Waals surface area (Å²) in [5.41, 5.74) is 2.07. The monoisotopic (exact) mass is 381 g/mol. The van der Waals surface area contributed by atoms with E-state index < -0.39 is 9.84 Å². The molecule has 2 aromatic carbocycles. The number of aryl methyl sites for hydroxylation is 1. The van der Waals surface area contributed by atoms with Crippen LogP contribution in [-0.2, 0) is 21.2 Å². The maximum Gasteiger partial charge on any atom is 0.221 e. The average Bonchev–Trinajstić information content (AvgIpc) is 2.59. The van der Waals surface area contributed by atoms with Gasteiger partial charge in [0.15, 0.2) is 9.84 Å². The standard InChI is InChI=1S/C18H20ClNO4S/c1-13-5-3-4-6-14(13)12-20-18(21)9-10-25(22,23)15-7-8-17(24-2)16(19)11-15/h3-8,11H,9-10,12H2,1-2H3,(H,20,21). The van der Waals surface area contributed by atoms with E-state index in [0.29, 0.717) is 12.3 Å². The van der Waals surface area contributed by atoms with Crippen molar-refractivity contribution in [2.24, 2.45) is 0 Å². The summed E-state index contributed by atoms with van der Waals surface area (Å²) >= 11 is 5.96. The van der Waals surface area contributed by atoms with Gasteiger partial charge in [-0.25, -0.2) is 8.42 Å². The molecule has 0 saturated carbocycles. The van der Waals surface area contributed by atoms with E-state index in [-0.39, 0.29) is 28.0 Å². The number of carbonyl (C=O) groups is 1. The Labute approximate surface area is 152 Å². The number of sulfone groups is 1. The van der Waals surface area contributed by atoms with Crippen molar-refractivity contribution in [3.8, 4) is 5.75 Å². The summed E-state index contributed by atoms with van der Waals surface area (Å²) < 4.78 is 29.7. The van der Waals surface area contributed by atoms with E-state index in [1.165, 1.54) is 25.3 Å². The number of amides is 1. The fourth-order valence-electron chi connectivity index (χ4n) is 2.28. The fourth-order valence-corrected chi connectivity index (χ4v) is 3.86. The Hall–Kier alpha value is -2.05. The molecule has 0 spiro atoms. The van der Waals surface area contributed by atoms with E-state index in [9.17, 15) is 13.2 Å². The van der Waals surface area contributed by atoms with Gasteiger partial charge in [-0.05, 0) is 36.2 Å². The normalized spacial score (nSPS) is 11.2. The number of ether oxygens (including phenoxy) is 1. The van der Waals surface area contributed by atoms with Gasteiger partial charge in [0, 0.05) is 13.0 Å². The molecule has 0 aliphatic heterocycles. The van der Waals surface area contributed by atoms with Crippen LogP contribution in [0.25, 0.3) is 0 Å². The number of methoxy groups -OCH3 is 1. The maximum atomic E-state index is 12.3. The third-order valence-electron chi connectivity index (χ3n) is 3.82. The fraction of sp³-hybridized carbons (Fsp3) is 0.278. The Balaban J connectivity index is 1.94. The molecule has 0 bridgehead atoms. The minimum atomic E-state index is -3.59. The van der Waals surface area contributed by atoms with Crippen LogP contribution in [0.5, 0.6) is 5.75 Å². The Morgan fingerprint density at radius 1 is 1.20 bits per heavy atom. The topological polar surface area (TPSA) is 72.5 Å². The Bertz CT molecular complexity index is 865. The second kappa shape index (κ2) is 8.36. The van der Waals surface area contributed by atoms with Crippen molar-refractivity contribution in [1.29, 1.82) is 0 Å². The maximum absolute atomic E-state index is 12.3. The number of rotatable bonds is 7. The minimum absolute atomic E-state index is 0.0741. The summed E-state index contributed by atoms with van der Waals surface area (Å²) in [6.07, 6.45) is -0.113. The minimum Gasteiger partial charge on any atom is -0.495 e. The zero-order valence-corrected chi connectivity index (χ0v) is 15.7. The average molecular weight is 382 g/mol. The molecular formula is C18H20ClNO4S. The second-order valence-electron chi connectivity index (χ2n) is 5.57. The Morgan fingerprint density at radius 3 is 2.56 bits per heavy atom. The highest BCUT2D eigenvalue weighted by Crippen LogP contribution is 2.27. The number of hydrogen-bond donors (Lipinski definition) is 1. The van der Waals surface area contributed by atoms with E-state index in [0.717, 1.165) is 11.1 Å². The van der Waals surface area contributed by atoms with Gasteiger partial charge in [0.05, 0.1) is 22.8 Å². The van der Waals surface area contributed by atoms with E-state index in [1.807, 2.05) is 31.2 Å². The van der Waals surface area contributed by atoms with Gasteiger partial charge in [0.2, 0.25) is 5.91 Å². The molecule has 0 saturated heterocycles. The molecule has 0 radical (unpaired) electrons. The lowest BCUT2D eigenvalue weighted by atomic mass is 10.1. The molecule has 5 nitrogen and oxygen atoms in total. The highest BCUT2D eigenvalue weighted by Gasteiger charge is 2.18. The first-order valence-corrected chi connectivity index (χ1v) is 9.74. The highest BCUT2D eigenvalue weighted by atomic mass is 35.5. The molecule has 0 unspecified atom stereocenters. The summed E-state index contributed by atoms with van der Waals surface area (Å²) in [4.78, 5) is 12.0. The third-order valence-corrected chi connectivity index (χ3v) is 5.83. The number of nitrogens with one attached hydrogen (secondary N) is 1. The van der Waals surface area contributed by atoms with Gasteiger partial charge in [0.1, 0.15) is 5.75 Å². The quantitative estimate of drug-likeness (QED) is 0.799. The van der Waals surface area contributed by atoms with Crippen molar-refractivity contribution in [2.75, 3.05) is 12.9 Å². The molecule has 0 aromatic heterocycles. The van der Waals surface area contributed by atoms with Crippen molar-refractivity contribution in [2.45, 2.75) is 24.8 Å². The van der Waals surface area contributed by atoms with Gasteiger partial charge in [-0.1, -0.05) is 35.9 Å². The summed E-state index contributed by atoms with van der Waals surface area (Å²) in [6.45, 7) is 2.33. The highest BCUT2D eigenvalue weighted by molar-refractivity contribution is 7.91. The van der Waals surface area contributed by atoms with Gasteiger partial charge >= 0.3 is 0 Å². The van der Waals surface area contributed by atoms with E-state index in [4.69, 9.17) is 16.3 Å². The molecule has 7 heteroatoms. The van der Waals surface area contributed by atoms with Crippen molar-refractivity contribution < 1.29 is 17.9 Å². The number of benzene rings is 2. The molecule has 0 heterocycles. The molecule has 1 N–H and O–H groups in total. The van der Waals surface area contributed by atoms with Crippen LogP contribution in [-0.4, -0.2) is 27.2 Å². The van der Waals surface area contributed by atoms with Gasteiger partial charge in [-0.15, -0.1) is 0 Å². The lowest BCUT2D eigenvalue weighted by Crippen LogP contribution is -2.25. The zero-order chi connectivity index (χ0) is 18.4. The summed E-state index contributed by atoms with van der Waals surface area (Å²) in [6, 6.07) is 11.9. The summed E-state index contributed by atoms with van der Waals surface area (Å²) in [7, 11) is -2.14. The Kier molecular flexibility index (Phi) is 6.45. The predicted octanol–water partition coefficient (Wildman–Crippen LogP) is 3.14. The lowest BCUT2D eigenvalue weighted by Gasteiger charge is -2.09. The van der Waals surface area contributed by atoms with Crippen molar-refractivity contribution in [3.63, 3.8) is 0 Å². The van der Waals surface area contributed by atoms with Crippen LogP contribution in [0.2, 0.25) is 5.02 Å². The molecule has 0 fully saturated rings. The van der Waals surface area contributed by atoms with Gasteiger partial charge in [-0.3, -0.25) is 4.79 Å². The predicted molar refractivity (Wildman–Crippen MR) is 97.7 cm³/mol. The van der Waals surface area contributed by atoms with Crippen molar-refractivity contribution in [3.05, 3.63) is 58.6 Å². The number of hydrogen-bond acceptors (Lipinski definition) is 4. The second-order valence-corrected chi connectivity index (χ2v) is 8.08. The molecule has 1 amide bonds. The first kappa shape index (κ1) is 19.3. The molecule has 0 atom stereocenters. The molecule has 0 aliphatic carbocycles. The first-order chi connectivity index (χ1) is 11.8. The molecule has 2 aromatic rings. The van der Waals surface area contributed by atoms with E-state index >= 15 is 0 Å². The first-order valence-electron chi connectivity index (χ1n) is 7.71. The molecule has 2 rings (SSSR count). The van der Waals surface area contributed by atoms with E-state index in [2.05, 4.69) is 5.32 Å². The third kappa shape index (κ3) is 5.21. The zero-order valence-electron chi connectivity index (χ0n) is 14.1. The van der Waals surface area contributed by atoms with Gasteiger partial charge in [0.25, 0.3) is 0 Å². The van der Waals surface area contributed by atoms with Crippen LogP contribution in [0.3, 0.4) is 0 Å². The van der Waals surface area contributed by atoms with Crippen molar-refractivity contribution >= 4 is 27.3 Å². The number of halogens is 1. The molecule has 134 valence electrons. The van der Waals surface area contributed by atoms with Crippen LogP contribution < -0.4 is 10.1 Å². The van der Waals surface area contributed by atoms with Crippen LogP contribution in [0.1, 0.15) is 17.5 Å². The van der Waals surface area contributed by atoms with Crippen LogP contribution in [0.4, 0.5) is 0 Å². The van der Waals surface area contributed by atoms with Crippen molar-refractivity contribution in [1.82, 2.24) is 5.32 Å². The molecule has 0 aliphatic rings. The summed E-state index contributed by atoms with van der Waals surface area (Å²) in [5, 5.41) is 2.96. The van der Waals surface area contributed by atoms with Crippen LogP contribution in [0, 0.1) is 6.92 Å². The van der Waals surface area contributed by atoms with Gasteiger partial charge < -0.3 is 10.1 Å². The molecule has 25 heavy (non-hydrogen) atoms. The SMILES string of the molecule is COc1ccc(S(=O)(=O)CCC(=O)NCc2ccccc2C)cc1Cl. The van der Waals surface area contributed by atoms with Crippen LogP contribution in [0.15, 0.2) is 47.4 Å². The molecular weight excluding hydrogens is 362 g/mol. The largest absolute Gasteiger partial charge is 0.495 e. The lowest BCUT2D eigenvalue weighted by molar-refractivity contribution is -0.120. The van der Waals surface area contributed by atoms with Crippen LogP contribution >= 0.6 is 11.6 Å². The summed E-state index contributed by atoms with van der Waals surface area (Å²) in [5.74, 6) is -0.196. The van der Waals surface area contributed by atoms with Gasteiger partial charge in [-0.2, -0.15) is 0 Å². The smallest absolute Gasteiger partial charge is 0.221 e. The Morgan fingerprint density at radius 2 is 1.92 bits per heavy atom. The van der Waals surface area contributed by atoms with E-state index in [1.54, 1.807) is 0 Å².